The molecule has 20 heavy (non-hydrogen) atoms. The molecule has 7 heteroatoms. The lowest BCUT2D eigenvalue weighted by Crippen LogP contribution is -2.49. The average molecular weight is 274 g/mol. The van der Waals surface area contributed by atoms with Crippen molar-refractivity contribution in [3.05, 3.63) is 18.6 Å². The van der Waals surface area contributed by atoms with E-state index in [2.05, 4.69) is 15.3 Å². The van der Waals surface area contributed by atoms with E-state index in [0.29, 0.717) is 11.6 Å². The van der Waals surface area contributed by atoms with Crippen LogP contribution >= 0.6 is 0 Å². The third kappa shape index (κ3) is 2.04. The molecule has 7 nitrogen and oxygen atoms in total. The molecule has 0 saturated carbocycles. The van der Waals surface area contributed by atoms with Crippen LogP contribution in [0.25, 0.3) is 5.65 Å². The standard InChI is InChI=1S/C13H18N6O/c1-15-13(20)9-4-2-3-6-19(9)12-11-16-5-7-18(11)8-10(14)17-12/h5,7-9H,2-4,6,14H2,1H3,(H,15,20). The van der Waals surface area contributed by atoms with Gasteiger partial charge >= 0.3 is 0 Å². The molecule has 0 aromatic carbocycles. The number of carbonyl (C=O) groups is 1. The van der Waals surface area contributed by atoms with Crippen molar-refractivity contribution in [2.45, 2.75) is 25.3 Å². The molecule has 1 fully saturated rings. The Labute approximate surface area is 116 Å². The molecule has 106 valence electrons. The van der Waals surface area contributed by atoms with Gasteiger partial charge in [0.2, 0.25) is 5.91 Å². The smallest absolute Gasteiger partial charge is 0.242 e. The first-order valence-electron chi connectivity index (χ1n) is 6.78. The number of anilines is 2. The summed E-state index contributed by atoms with van der Waals surface area (Å²) in [5.41, 5.74) is 6.59. The van der Waals surface area contributed by atoms with Crippen LogP contribution in [0, 0.1) is 0 Å². The Bertz CT molecular complexity index is 637. The molecule has 1 saturated heterocycles. The molecule has 1 amide bonds. The van der Waals surface area contributed by atoms with E-state index >= 15 is 0 Å². The molecule has 3 N–H and O–H groups in total. The Kier molecular flexibility index (Phi) is 3.17. The summed E-state index contributed by atoms with van der Waals surface area (Å²) in [6, 6.07) is -0.205. The van der Waals surface area contributed by atoms with Gasteiger partial charge < -0.3 is 20.4 Å². The van der Waals surface area contributed by atoms with Crippen LogP contribution in [0.15, 0.2) is 18.6 Å². The van der Waals surface area contributed by atoms with Crippen molar-refractivity contribution in [1.82, 2.24) is 19.7 Å². The van der Waals surface area contributed by atoms with E-state index in [9.17, 15) is 4.79 Å². The molecule has 0 aliphatic carbocycles. The van der Waals surface area contributed by atoms with Crippen molar-refractivity contribution in [3.63, 3.8) is 0 Å². The molecule has 1 unspecified atom stereocenters. The molecule has 3 heterocycles. The molecule has 0 bridgehead atoms. The number of hydrogen-bond acceptors (Lipinski definition) is 5. The first kappa shape index (κ1) is 12.7. The molecule has 1 aliphatic rings. The average Bonchev–Trinajstić information content (AvgIpc) is 2.93. The largest absolute Gasteiger partial charge is 0.382 e. The maximum Gasteiger partial charge on any atom is 0.242 e. The molecule has 2 aromatic heterocycles. The normalized spacial score (nSPS) is 19.2. The molecular weight excluding hydrogens is 256 g/mol. The first-order valence-corrected chi connectivity index (χ1v) is 6.78. The summed E-state index contributed by atoms with van der Waals surface area (Å²) in [6.45, 7) is 0.789. The van der Waals surface area contributed by atoms with E-state index < -0.39 is 0 Å². The molecular formula is C13H18N6O. The third-order valence-corrected chi connectivity index (χ3v) is 3.70. The number of hydrogen-bond donors (Lipinski definition) is 2. The minimum atomic E-state index is -0.205. The number of amides is 1. The minimum absolute atomic E-state index is 0.0126. The minimum Gasteiger partial charge on any atom is -0.382 e. The van der Waals surface area contributed by atoms with Crippen LogP contribution in [0.5, 0.6) is 0 Å². The summed E-state index contributed by atoms with van der Waals surface area (Å²) in [5, 5.41) is 2.72. The summed E-state index contributed by atoms with van der Waals surface area (Å²) in [5.74, 6) is 1.12. The van der Waals surface area contributed by atoms with Crippen molar-refractivity contribution in [2.24, 2.45) is 0 Å². The summed E-state index contributed by atoms with van der Waals surface area (Å²) in [7, 11) is 1.66. The topological polar surface area (TPSA) is 88.5 Å². The lowest BCUT2D eigenvalue weighted by Gasteiger charge is -2.35. The maximum absolute atomic E-state index is 12.1. The second-order valence-electron chi connectivity index (χ2n) is 4.97. The number of aromatic nitrogens is 3. The fraction of sp³-hybridized carbons (Fsp3) is 0.462. The van der Waals surface area contributed by atoms with Crippen molar-refractivity contribution in [1.29, 1.82) is 0 Å². The van der Waals surface area contributed by atoms with Crippen molar-refractivity contribution >= 4 is 23.2 Å². The highest BCUT2D eigenvalue weighted by atomic mass is 16.2. The van der Waals surface area contributed by atoms with E-state index in [-0.39, 0.29) is 11.9 Å². The predicted octanol–water partition coefficient (Wildman–Crippen LogP) is 0.416. The Morgan fingerprint density at radius 1 is 1.50 bits per heavy atom. The van der Waals surface area contributed by atoms with Gasteiger partial charge in [0.1, 0.15) is 11.9 Å². The number of rotatable bonds is 2. The van der Waals surface area contributed by atoms with E-state index in [1.807, 2.05) is 15.5 Å². The number of nitrogens with two attached hydrogens (primary N) is 1. The van der Waals surface area contributed by atoms with Gasteiger partial charge in [-0.3, -0.25) is 4.79 Å². The number of nitrogens with one attached hydrogen (secondary N) is 1. The van der Waals surface area contributed by atoms with E-state index in [1.54, 1.807) is 19.4 Å². The third-order valence-electron chi connectivity index (χ3n) is 3.70. The zero-order chi connectivity index (χ0) is 14.1. The summed E-state index contributed by atoms with van der Waals surface area (Å²) in [6.07, 6.45) is 8.17. The number of imidazole rings is 1. The number of nitrogens with zero attached hydrogens (tertiary/aromatic N) is 4. The van der Waals surface area contributed by atoms with Crippen molar-refractivity contribution in [2.75, 3.05) is 24.2 Å². The van der Waals surface area contributed by atoms with Crippen LogP contribution in [-0.4, -0.2) is 39.9 Å². The fourth-order valence-corrected chi connectivity index (χ4v) is 2.75. The highest BCUT2D eigenvalue weighted by Crippen LogP contribution is 2.27. The second kappa shape index (κ2) is 4.99. The number of nitrogen functional groups attached to an aromatic ring is 1. The second-order valence-corrected chi connectivity index (χ2v) is 4.97. The van der Waals surface area contributed by atoms with Gasteiger partial charge in [0, 0.05) is 26.0 Å². The fourth-order valence-electron chi connectivity index (χ4n) is 2.75. The van der Waals surface area contributed by atoms with Gasteiger partial charge in [0.25, 0.3) is 0 Å². The van der Waals surface area contributed by atoms with Gasteiger partial charge in [-0.15, -0.1) is 0 Å². The van der Waals surface area contributed by atoms with Crippen LogP contribution in [-0.2, 0) is 4.79 Å². The van der Waals surface area contributed by atoms with Gasteiger partial charge in [0.15, 0.2) is 11.5 Å². The van der Waals surface area contributed by atoms with E-state index in [1.165, 1.54) is 0 Å². The maximum atomic E-state index is 12.1. The zero-order valence-corrected chi connectivity index (χ0v) is 11.4. The highest BCUT2D eigenvalue weighted by Gasteiger charge is 2.30. The quantitative estimate of drug-likeness (QED) is 0.828. The molecule has 3 rings (SSSR count). The monoisotopic (exact) mass is 274 g/mol. The summed E-state index contributed by atoms with van der Waals surface area (Å²) >= 11 is 0. The molecule has 1 aliphatic heterocycles. The molecule has 0 radical (unpaired) electrons. The molecule has 2 aromatic rings. The van der Waals surface area contributed by atoms with Gasteiger partial charge in [-0.2, -0.15) is 0 Å². The Balaban J connectivity index is 2.07. The van der Waals surface area contributed by atoms with Gasteiger partial charge in [0.05, 0.1) is 6.20 Å². The number of carbonyl (C=O) groups excluding carboxylic acids is 1. The van der Waals surface area contributed by atoms with Crippen LogP contribution < -0.4 is 16.0 Å². The van der Waals surface area contributed by atoms with Crippen LogP contribution in [0.2, 0.25) is 0 Å². The molecule has 1 atom stereocenters. The lowest BCUT2D eigenvalue weighted by atomic mass is 10.0. The molecule has 0 spiro atoms. The van der Waals surface area contributed by atoms with Gasteiger partial charge in [-0.25, -0.2) is 9.97 Å². The number of piperidine rings is 1. The number of fused-ring (bicyclic) bond motifs is 1. The van der Waals surface area contributed by atoms with Crippen LogP contribution in [0.1, 0.15) is 19.3 Å². The van der Waals surface area contributed by atoms with E-state index in [4.69, 9.17) is 5.73 Å². The first-order chi connectivity index (χ1) is 9.70. The lowest BCUT2D eigenvalue weighted by molar-refractivity contribution is -0.122. The Morgan fingerprint density at radius 3 is 3.15 bits per heavy atom. The SMILES string of the molecule is CNC(=O)C1CCCCN1c1nc(N)cn2ccnc12. The van der Waals surface area contributed by atoms with Gasteiger partial charge in [-0.05, 0) is 19.3 Å². The Hall–Kier alpha value is -2.31. The van der Waals surface area contributed by atoms with Crippen molar-refractivity contribution < 1.29 is 4.79 Å². The predicted molar refractivity (Wildman–Crippen MR) is 76.5 cm³/mol. The van der Waals surface area contributed by atoms with Crippen molar-refractivity contribution in [3.8, 4) is 0 Å². The number of likely N-dealkylation sites (N-methyl/N-ethyl adjacent to an activating group) is 1. The highest BCUT2D eigenvalue weighted by molar-refractivity contribution is 5.86. The summed E-state index contributed by atoms with van der Waals surface area (Å²) < 4.78 is 1.84. The van der Waals surface area contributed by atoms with Gasteiger partial charge in [-0.1, -0.05) is 0 Å². The van der Waals surface area contributed by atoms with Crippen LogP contribution in [0.3, 0.4) is 0 Å². The zero-order valence-electron chi connectivity index (χ0n) is 11.4. The van der Waals surface area contributed by atoms with E-state index in [0.717, 1.165) is 31.5 Å². The Morgan fingerprint density at radius 2 is 2.35 bits per heavy atom. The summed E-state index contributed by atoms with van der Waals surface area (Å²) in [4.78, 5) is 22.8. The van der Waals surface area contributed by atoms with Crippen LogP contribution in [0.4, 0.5) is 11.6 Å².